The van der Waals surface area contributed by atoms with Gasteiger partial charge in [-0.25, -0.2) is 9.78 Å². The largest absolute Gasteiger partial charge is 0.477 e. The van der Waals surface area contributed by atoms with Gasteiger partial charge in [0.05, 0.1) is 17.1 Å². The van der Waals surface area contributed by atoms with Gasteiger partial charge in [-0.15, -0.1) is 0 Å². The first-order chi connectivity index (χ1) is 9.97. The second-order valence-electron chi connectivity index (χ2n) is 4.80. The third kappa shape index (κ3) is 3.26. The number of rotatable bonds is 5. The summed E-state index contributed by atoms with van der Waals surface area (Å²) in [6, 6.07) is 2.16. The van der Waals surface area contributed by atoms with E-state index in [1.807, 2.05) is 0 Å². The van der Waals surface area contributed by atoms with Crippen LogP contribution in [-0.4, -0.2) is 51.4 Å². The molecule has 2 heterocycles. The number of hydrogen-bond acceptors (Lipinski definition) is 7. The van der Waals surface area contributed by atoms with Gasteiger partial charge in [-0.2, -0.15) is 0 Å². The highest BCUT2D eigenvalue weighted by Crippen LogP contribution is 2.30. The van der Waals surface area contributed by atoms with Crippen LogP contribution in [0.3, 0.4) is 0 Å². The van der Waals surface area contributed by atoms with E-state index in [-0.39, 0.29) is 23.8 Å². The Labute approximate surface area is 119 Å². The quantitative estimate of drug-likeness (QED) is 0.532. The number of anilines is 1. The molecule has 1 aromatic heterocycles. The Balaban J connectivity index is 2.37. The van der Waals surface area contributed by atoms with Crippen LogP contribution >= 0.6 is 0 Å². The highest BCUT2D eigenvalue weighted by molar-refractivity contribution is 5.86. The number of aliphatic hydroxyl groups is 1. The van der Waals surface area contributed by atoms with Crippen molar-refractivity contribution in [3.63, 3.8) is 0 Å². The zero-order chi connectivity index (χ0) is 15.5. The van der Waals surface area contributed by atoms with Crippen LogP contribution in [-0.2, 0) is 4.74 Å². The van der Waals surface area contributed by atoms with Crippen molar-refractivity contribution in [2.24, 2.45) is 0 Å². The zero-order valence-electron chi connectivity index (χ0n) is 11.1. The SMILES string of the molecule is O=C(O)c1ccc([N+](=O)[O-])c(NC2(CO)CCOCC2)n1. The molecule has 0 spiro atoms. The van der Waals surface area contributed by atoms with Gasteiger partial charge in [0, 0.05) is 19.3 Å². The molecule has 1 aliphatic heterocycles. The molecule has 1 saturated heterocycles. The van der Waals surface area contributed by atoms with Gasteiger partial charge in [-0.05, 0) is 18.9 Å². The molecule has 0 radical (unpaired) electrons. The number of aromatic carboxylic acids is 1. The van der Waals surface area contributed by atoms with Gasteiger partial charge >= 0.3 is 11.7 Å². The average molecular weight is 297 g/mol. The predicted molar refractivity (Wildman–Crippen MR) is 71.3 cm³/mol. The van der Waals surface area contributed by atoms with Crippen LogP contribution in [0, 0.1) is 10.1 Å². The Hall–Kier alpha value is -2.26. The van der Waals surface area contributed by atoms with Crippen molar-refractivity contribution >= 4 is 17.5 Å². The summed E-state index contributed by atoms with van der Waals surface area (Å²) in [5, 5.41) is 32.4. The van der Waals surface area contributed by atoms with Crippen LogP contribution in [0.2, 0.25) is 0 Å². The van der Waals surface area contributed by atoms with Crippen LogP contribution in [0.1, 0.15) is 23.3 Å². The third-order valence-corrected chi connectivity index (χ3v) is 3.43. The molecule has 9 nitrogen and oxygen atoms in total. The van der Waals surface area contributed by atoms with Crippen molar-refractivity contribution in [2.75, 3.05) is 25.1 Å². The molecule has 114 valence electrons. The highest BCUT2D eigenvalue weighted by Gasteiger charge is 2.34. The molecule has 3 N–H and O–H groups in total. The van der Waals surface area contributed by atoms with Crippen molar-refractivity contribution in [3.05, 3.63) is 27.9 Å². The average Bonchev–Trinajstić information content (AvgIpc) is 2.47. The number of nitrogens with one attached hydrogen (secondary N) is 1. The van der Waals surface area contributed by atoms with E-state index in [2.05, 4.69) is 10.3 Å². The van der Waals surface area contributed by atoms with Crippen LogP contribution in [0.5, 0.6) is 0 Å². The van der Waals surface area contributed by atoms with E-state index in [1.165, 1.54) is 0 Å². The van der Waals surface area contributed by atoms with E-state index in [4.69, 9.17) is 9.84 Å². The molecule has 2 rings (SSSR count). The van der Waals surface area contributed by atoms with Crippen molar-refractivity contribution < 1.29 is 24.7 Å². The van der Waals surface area contributed by atoms with E-state index in [1.54, 1.807) is 0 Å². The molecule has 1 aromatic rings. The Morgan fingerprint density at radius 2 is 2.14 bits per heavy atom. The molecule has 21 heavy (non-hydrogen) atoms. The van der Waals surface area contributed by atoms with Gasteiger partial charge in [0.15, 0.2) is 5.69 Å². The summed E-state index contributed by atoms with van der Waals surface area (Å²) in [7, 11) is 0. The number of hydrogen-bond donors (Lipinski definition) is 3. The zero-order valence-corrected chi connectivity index (χ0v) is 11.1. The van der Waals surface area contributed by atoms with Gasteiger partial charge in [0.25, 0.3) is 0 Å². The number of pyridine rings is 1. The molecule has 0 unspecified atom stereocenters. The lowest BCUT2D eigenvalue weighted by molar-refractivity contribution is -0.384. The third-order valence-electron chi connectivity index (χ3n) is 3.43. The lowest BCUT2D eigenvalue weighted by Gasteiger charge is -2.36. The minimum absolute atomic E-state index is 0.157. The summed E-state index contributed by atoms with van der Waals surface area (Å²) in [5.41, 5.74) is -1.43. The molecule has 0 bridgehead atoms. The van der Waals surface area contributed by atoms with Crippen LogP contribution in [0.25, 0.3) is 0 Å². The first-order valence-corrected chi connectivity index (χ1v) is 6.33. The molecule has 0 aliphatic carbocycles. The highest BCUT2D eigenvalue weighted by atomic mass is 16.6. The Morgan fingerprint density at radius 1 is 1.48 bits per heavy atom. The number of carboxylic acids is 1. The Morgan fingerprint density at radius 3 is 2.67 bits per heavy atom. The van der Waals surface area contributed by atoms with Crippen molar-refractivity contribution in [1.82, 2.24) is 4.98 Å². The fourth-order valence-corrected chi connectivity index (χ4v) is 2.15. The lowest BCUT2D eigenvalue weighted by Crippen LogP contribution is -2.47. The number of carbonyl (C=O) groups is 1. The van der Waals surface area contributed by atoms with Gasteiger partial charge in [0.1, 0.15) is 0 Å². The van der Waals surface area contributed by atoms with Crippen molar-refractivity contribution in [3.8, 4) is 0 Å². The minimum Gasteiger partial charge on any atom is -0.477 e. The number of aliphatic hydroxyl groups excluding tert-OH is 1. The summed E-state index contributed by atoms with van der Waals surface area (Å²) in [4.78, 5) is 25.1. The first kappa shape index (κ1) is 15.1. The van der Waals surface area contributed by atoms with E-state index in [9.17, 15) is 20.0 Å². The number of ether oxygens (including phenoxy) is 1. The maximum atomic E-state index is 11.0. The molecule has 9 heteroatoms. The second-order valence-corrected chi connectivity index (χ2v) is 4.80. The maximum absolute atomic E-state index is 11.0. The molecule has 0 aromatic carbocycles. The fourth-order valence-electron chi connectivity index (χ4n) is 2.15. The molecular formula is C12H15N3O6. The van der Waals surface area contributed by atoms with E-state index < -0.39 is 16.4 Å². The van der Waals surface area contributed by atoms with Gasteiger partial charge in [-0.3, -0.25) is 10.1 Å². The number of nitrogens with zero attached hydrogens (tertiary/aromatic N) is 2. The predicted octanol–water partition coefficient (Wildman–Crippen LogP) is 0.641. The van der Waals surface area contributed by atoms with E-state index in [0.29, 0.717) is 26.1 Å². The first-order valence-electron chi connectivity index (χ1n) is 6.33. The Bertz CT molecular complexity index is 556. The number of nitro groups is 1. The van der Waals surface area contributed by atoms with Gasteiger partial charge in [-0.1, -0.05) is 0 Å². The molecule has 0 amide bonds. The Kier molecular flexibility index (Phi) is 4.34. The molecule has 1 fully saturated rings. The normalized spacial score (nSPS) is 17.2. The van der Waals surface area contributed by atoms with Crippen molar-refractivity contribution in [1.29, 1.82) is 0 Å². The minimum atomic E-state index is -1.28. The summed E-state index contributed by atoms with van der Waals surface area (Å²) in [6.45, 7) is 0.548. The topological polar surface area (TPSA) is 135 Å². The summed E-state index contributed by atoms with van der Waals surface area (Å²) < 4.78 is 5.20. The van der Waals surface area contributed by atoms with Crippen LogP contribution in [0.15, 0.2) is 12.1 Å². The monoisotopic (exact) mass is 297 g/mol. The van der Waals surface area contributed by atoms with E-state index in [0.717, 1.165) is 12.1 Å². The van der Waals surface area contributed by atoms with Crippen molar-refractivity contribution in [2.45, 2.75) is 18.4 Å². The number of carboxylic acid groups (broad SMARTS) is 1. The smallest absolute Gasteiger partial charge is 0.354 e. The van der Waals surface area contributed by atoms with Crippen LogP contribution < -0.4 is 5.32 Å². The summed E-state index contributed by atoms with van der Waals surface area (Å²) in [6.07, 6.45) is 0.888. The van der Waals surface area contributed by atoms with Gasteiger partial charge in [0.2, 0.25) is 5.82 Å². The molecule has 0 saturated carbocycles. The number of aromatic nitrogens is 1. The molecule has 1 aliphatic rings. The van der Waals surface area contributed by atoms with Crippen LogP contribution in [0.4, 0.5) is 11.5 Å². The summed E-state index contributed by atoms with van der Waals surface area (Å²) in [5.74, 6) is -1.44. The van der Waals surface area contributed by atoms with E-state index >= 15 is 0 Å². The molecular weight excluding hydrogens is 282 g/mol. The lowest BCUT2D eigenvalue weighted by atomic mass is 9.91. The molecule has 0 atom stereocenters. The summed E-state index contributed by atoms with van der Waals surface area (Å²) >= 11 is 0. The standard InChI is InChI=1S/C12H15N3O6/c16-7-12(3-5-21-6-4-12)14-10-9(15(19)20)2-1-8(13-10)11(17)18/h1-2,16H,3-7H2,(H,13,14)(H,17,18). The fraction of sp³-hybridized carbons (Fsp3) is 0.500. The second kappa shape index (κ2) is 6.02. The maximum Gasteiger partial charge on any atom is 0.354 e. The van der Waals surface area contributed by atoms with Gasteiger partial charge < -0.3 is 20.3 Å².